The number of methoxy groups -OCH3 is 1. The SMILES string of the molecule is CCC(NCCc1cccnc1)C(=O)OC. The number of carbonyl (C=O) groups is 1. The zero-order chi connectivity index (χ0) is 11.8. The highest BCUT2D eigenvalue weighted by atomic mass is 16.5. The van der Waals surface area contributed by atoms with Crippen LogP contribution in [0.15, 0.2) is 24.5 Å². The topological polar surface area (TPSA) is 51.2 Å². The Balaban J connectivity index is 2.31. The predicted molar refractivity (Wildman–Crippen MR) is 62.0 cm³/mol. The Bertz CT molecular complexity index is 314. The Hall–Kier alpha value is -1.42. The molecular weight excluding hydrogens is 204 g/mol. The van der Waals surface area contributed by atoms with E-state index in [1.165, 1.54) is 7.11 Å². The Morgan fingerprint density at radius 2 is 2.44 bits per heavy atom. The molecule has 0 aliphatic carbocycles. The van der Waals surface area contributed by atoms with Crippen LogP contribution in [0.3, 0.4) is 0 Å². The molecule has 1 rings (SSSR count). The van der Waals surface area contributed by atoms with Crippen molar-refractivity contribution < 1.29 is 9.53 Å². The maximum atomic E-state index is 11.3. The normalized spacial score (nSPS) is 12.1. The fourth-order valence-electron chi connectivity index (χ4n) is 1.47. The summed E-state index contributed by atoms with van der Waals surface area (Å²) in [6.45, 7) is 2.71. The molecule has 0 aliphatic rings. The molecule has 1 heterocycles. The maximum absolute atomic E-state index is 11.3. The molecule has 16 heavy (non-hydrogen) atoms. The second-order valence-electron chi connectivity index (χ2n) is 3.55. The number of nitrogens with one attached hydrogen (secondary N) is 1. The Labute approximate surface area is 96.0 Å². The number of pyridine rings is 1. The average molecular weight is 222 g/mol. The van der Waals surface area contributed by atoms with Crippen molar-refractivity contribution in [3.05, 3.63) is 30.1 Å². The van der Waals surface area contributed by atoms with Crippen LogP contribution < -0.4 is 5.32 Å². The van der Waals surface area contributed by atoms with Crippen LogP contribution in [0.4, 0.5) is 0 Å². The van der Waals surface area contributed by atoms with Crippen molar-refractivity contribution in [2.75, 3.05) is 13.7 Å². The molecule has 0 fully saturated rings. The lowest BCUT2D eigenvalue weighted by atomic mass is 10.2. The molecule has 1 N–H and O–H groups in total. The van der Waals surface area contributed by atoms with Crippen LogP contribution in [-0.2, 0) is 16.0 Å². The number of aromatic nitrogens is 1. The number of hydrogen-bond acceptors (Lipinski definition) is 4. The lowest BCUT2D eigenvalue weighted by molar-refractivity contribution is -0.143. The van der Waals surface area contributed by atoms with Crippen molar-refractivity contribution in [3.63, 3.8) is 0 Å². The summed E-state index contributed by atoms with van der Waals surface area (Å²) < 4.78 is 4.69. The van der Waals surface area contributed by atoms with E-state index in [9.17, 15) is 4.79 Å². The van der Waals surface area contributed by atoms with Crippen LogP contribution >= 0.6 is 0 Å². The molecule has 1 aromatic heterocycles. The van der Waals surface area contributed by atoms with Crippen LogP contribution in [-0.4, -0.2) is 30.6 Å². The third-order valence-electron chi connectivity index (χ3n) is 2.42. The number of rotatable bonds is 6. The van der Waals surface area contributed by atoms with E-state index in [2.05, 4.69) is 10.3 Å². The number of ether oxygens (including phenoxy) is 1. The van der Waals surface area contributed by atoms with Crippen molar-refractivity contribution in [1.82, 2.24) is 10.3 Å². The Kier molecular flexibility index (Phi) is 5.50. The van der Waals surface area contributed by atoms with E-state index < -0.39 is 0 Å². The molecule has 1 unspecified atom stereocenters. The summed E-state index contributed by atoms with van der Waals surface area (Å²) in [6, 6.07) is 3.72. The molecule has 0 saturated carbocycles. The summed E-state index contributed by atoms with van der Waals surface area (Å²) in [5, 5.41) is 3.17. The molecule has 0 aromatic carbocycles. The fraction of sp³-hybridized carbons (Fsp3) is 0.500. The summed E-state index contributed by atoms with van der Waals surface area (Å²) in [7, 11) is 1.41. The van der Waals surface area contributed by atoms with Gasteiger partial charge in [-0.2, -0.15) is 0 Å². The molecule has 0 saturated heterocycles. The number of carbonyl (C=O) groups excluding carboxylic acids is 1. The van der Waals surface area contributed by atoms with Crippen LogP contribution in [0.25, 0.3) is 0 Å². The molecule has 0 spiro atoms. The first-order chi connectivity index (χ1) is 7.77. The molecule has 0 aliphatic heterocycles. The average Bonchev–Trinajstić information content (AvgIpc) is 2.35. The van der Waals surface area contributed by atoms with Crippen molar-refractivity contribution >= 4 is 5.97 Å². The minimum absolute atomic E-state index is 0.200. The van der Waals surface area contributed by atoms with Gasteiger partial charge in [-0.3, -0.25) is 9.78 Å². The summed E-state index contributed by atoms with van der Waals surface area (Å²) in [4.78, 5) is 15.3. The van der Waals surface area contributed by atoms with Crippen LogP contribution in [0.2, 0.25) is 0 Å². The molecule has 0 bridgehead atoms. The van der Waals surface area contributed by atoms with E-state index >= 15 is 0 Å². The highest BCUT2D eigenvalue weighted by molar-refractivity contribution is 5.75. The van der Waals surface area contributed by atoms with E-state index in [4.69, 9.17) is 4.74 Å². The monoisotopic (exact) mass is 222 g/mol. The van der Waals surface area contributed by atoms with Gasteiger partial charge in [0.1, 0.15) is 6.04 Å². The summed E-state index contributed by atoms with van der Waals surface area (Å²) in [5.74, 6) is -0.200. The standard InChI is InChI=1S/C12H18N2O2/c1-3-11(12(15)16-2)14-8-6-10-5-4-7-13-9-10/h4-5,7,9,11,14H,3,6,8H2,1-2H3. The van der Waals surface area contributed by atoms with E-state index in [1.54, 1.807) is 6.20 Å². The van der Waals surface area contributed by atoms with Gasteiger partial charge in [0.05, 0.1) is 7.11 Å². The Morgan fingerprint density at radius 1 is 1.62 bits per heavy atom. The summed E-state index contributed by atoms with van der Waals surface area (Å²) in [6.07, 6.45) is 5.18. The van der Waals surface area contributed by atoms with E-state index in [0.717, 1.165) is 24.9 Å². The smallest absolute Gasteiger partial charge is 0.322 e. The van der Waals surface area contributed by atoms with Gasteiger partial charge in [0.25, 0.3) is 0 Å². The number of esters is 1. The second kappa shape index (κ2) is 6.95. The third-order valence-corrected chi connectivity index (χ3v) is 2.42. The molecule has 88 valence electrons. The minimum Gasteiger partial charge on any atom is -0.468 e. The van der Waals surface area contributed by atoms with Gasteiger partial charge in [-0.15, -0.1) is 0 Å². The molecule has 0 radical (unpaired) electrons. The largest absolute Gasteiger partial charge is 0.468 e. The third kappa shape index (κ3) is 3.98. The van der Waals surface area contributed by atoms with Crippen molar-refractivity contribution in [2.24, 2.45) is 0 Å². The molecule has 4 nitrogen and oxygen atoms in total. The molecule has 0 amide bonds. The van der Waals surface area contributed by atoms with Crippen molar-refractivity contribution in [1.29, 1.82) is 0 Å². The zero-order valence-electron chi connectivity index (χ0n) is 9.77. The number of hydrogen-bond donors (Lipinski definition) is 1. The fourth-order valence-corrected chi connectivity index (χ4v) is 1.47. The van der Waals surface area contributed by atoms with E-state index in [0.29, 0.717) is 0 Å². The minimum atomic E-state index is -0.207. The van der Waals surface area contributed by atoms with E-state index in [-0.39, 0.29) is 12.0 Å². The quantitative estimate of drug-likeness (QED) is 0.734. The van der Waals surface area contributed by atoms with Gasteiger partial charge in [0, 0.05) is 18.9 Å². The van der Waals surface area contributed by atoms with Crippen LogP contribution in [0, 0.1) is 0 Å². The summed E-state index contributed by atoms with van der Waals surface area (Å²) in [5.41, 5.74) is 1.16. The van der Waals surface area contributed by atoms with Crippen LogP contribution in [0.5, 0.6) is 0 Å². The van der Waals surface area contributed by atoms with Gasteiger partial charge in [-0.25, -0.2) is 0 Å². The van der Waals surface area contributed by atoms with Gasteiger partial charge in [-0.05, 0) is 24.5 Å². The van der Waals surface area contributed by atoms with Crippen molar-refractivity contribution in [2.45, 2.75) is 25.8 Å². The first kappa shape index (κ1) is 12.6. The lowest BCUT2D eigenvalue weighted by Gasteiger charge is -2.14. The van der Waals surface area contributed by atoms with Gasteiger partial charge >= 0.3 is 5.97 Å². The molecule has 4 heteroatoms. The first-order valence-electron chi connectivity index (χ1n) is 5.48. The molecule has 1 atom stereocenters. The Morgan fingerprint density at radius 3 is 3.00 bits per heavy atom. The highest BCUT2D eigenvalue weighted by Crippen LogP contribution is 1.98. The highest BCUT2D eigenvalue weighted by Gasteiger charge is 2.15. The van der Waals surface area contributed by atoms with E-state index in [1.807, 2.05) is 25.3 Å². The van der Waals surface area contributed by atoms with Gasteiger partial charge < -0.3 is 10.1 Å². The van der Waals surface area contributed by atoms with Crippen LogP contribution in [0.1, 0.15) is 18.9 Å². The maximum Gasteiger partial charge on any atom is 0.322 e. The molecular formula is C12H18N2O2. The zero-order valence-corrected chi connectivity index (χ0v) is 9.77. The predicted octanol–water partition coefficient (Wildman–Crippen LogP) is 1.17. The van der Waals surface area contributed by atoms with Gasteiger partial charge in [-0.1, -0.05) is 13.0 Å². The number of nitrogens with zero attached hydrogens (tertiary/aromatic N) is 1. The van der Waals surface area contributed by atoms with Gasteiger partial charge in [0.15, 0.2) is 0 Å². The second-order valence-corrected chi connectivity index (χ2v) is 3.55. The lowest BCUT2D eigenvalue weighted by Crippen LogP contribution is -2.38. The first-order valence-corrected chi connectivity index (χ1v) is 5.48. The van der Waals surface area contributed by atoms with Gasteiger partial charge in [0.2, 0.25) is 0 Å². The summed E-state index contributed by atoms with van der Waals surface area (Å²) >= 11 is 0. The van der Waals surface area contributed by atoms with Crippen molar-refractivity contribution in [3.8, 4) is 0 Å². The molecule has 1 aromatic rings.